The lowest BCUT2D eigenvalue weighted by Gasteiger charge is -2.22. The number of benzene rings is 1. The van der Waals surface area contributed by atoms with Crippen LogP contribution < -0.4 is 5.73 Å². The number of hydrogen-bond donors (Lipinski definition) is 2. The highest BCUT2D eigenvalue weighted by molar-refractivity contribution is 7.92. The molecule has 116 valence electrons. The molecule has 0 atom stereocenters. The van der Waals surface area contributed by atoms with E-state index in [2.05, 4.69) is 0 Å². The van der Waals surface area contributed by atoms with Crippen LogP contribution in [-0.4, -0.2) is 18.8 Å². The Morgan fingerprint density at radius 2 is 1.75 bits per heavy atom. The monoisotopic (exact) mass is 321 g/mol. The molecule has 3 N–H and O–H groups in total. The summed E-state index contributed by atoms with van der Waals surface area (Å²) in [5.74, 6) is -0.218. The number of phenols is 1. The maximum Gasteiger partial charge on any atom is 0.184 e. The van der Waals surface area contributed by atoms with Crippen molar-refractivity contribution in [3.63, 3.8) is 0 Å². The van der Waals surface area contributed by atoms with Crippen molar-refractivity contribution in [2.24, 2.45) is 5.73 Å². The van der Waals surface area contributed by atoms with Gasteiger partial charge in [-0.05, 0) is 30.9 Å². The molecule has 0 saturated carbocycles. The van der Waals surface area contributed by atoms with Crippen LogP contribution in [-0.2, 0) is 21.8 Å². The second-order valence-corrected chi connectivity index (χ2v) is 8.50. The molecule has 0 aliphatic carbocycles. The van der Waals surface area contributed by atoms with E-state index in [1.165, 1.54) is 0 Å². The number of phenolic OH excluding ortho intramolecular Hbond substituents is 1. The van der Waals surface area contributed by atoms with Gasteiger partial charge in [-0.3, -0.25) is 0 Å². The average Bonchev–Trinajstić information content (AvgIpc) is 2.27. The van der Waals surface area contributed by atoms with Crippen LogP contribution in [0.2, 0.25) is 0 Å². The minimum Gasteiger partial charge on any atom is -0.506 e. The van der Waals surface area contributed by atoms with E-state index < -0.39 is 15.1 Å². The minimum absolute atomic E-state index is 0. The Morgan fingerprint density at radius 1 is 1.25 bits per heavy atom. The molecule has 6 heteroatoms. The van der Waals surface area contributed by atoms with E-state index in [4.69, 9.17) is 5.73 Å². The molecule has 1 rings (SSSR count). The van der Waals surface area contributed by atoms with Gasteiger partial charge in [0, 0.05) is 12.1 Å². The van der Waals surface area contributed by atoms with E-state index in [-0.39, 0.29) is 35.0 Å². The first-order valence-corrected chi connectivity index (χ1v) is 7.86. The summed E-state index contributed by atoms with van der Waals surface area (Å²) in [6, 6.07) is 3.33. The van der Waals surface area contributed by atoms with Crippen LogP contribution in [0.25, 0.3) is 0 Å². The fourth-order valence-electron chi connectivity index (χ4n) is 1.73. The SMILES string of the molecule is CC(C)S(=O)(=O)c1cc(C(C)(C)C)cc(CN)c1O.Cl. The number of aromatic hydroxyl groups is 1. The number of halogens is 1. The van der Waals surface area contributed by atoms with Gasteiger partial charge in [0.25, 0.3) is 0 Å². The van der Waals surface area contributed by atoms with Crippen molar-refractivity contribution in [1.29, 1.82) is 0 Å². The summed E-state index contributed by atoms with van der Waals surface area (Å²) in [5, 5.41) is 9.52. The van der Waals surface area contributed by atoms with Gasteiger partial charge in [0.05, 0.1) is 5.25 Å². The van der Waals surface area contributed by atoms with Crippen LogP contribution in [0.15, 0.2) is 17.0 Å². The summed E-state index contributed by atoms with van der Waals surface area (Å²) in [5.41, 5.74) is 6.70. The lowest BCUT2D eigenvalue weighted by Crippen LogP contribution is -2.18. The van der Waals surface area contributed by atoms with Gasteiger partial charge >= 0.3 is 0 Å². The lowest BCUT2D eigenvalue weighted by atomic mass is 9.86. The van der Waals surface area contributed by atoms with Crippen molar-refractivity contribution in [3.05, 3.63) is 23.3 Å². The molecule has 0 fully saturated rings. The number of sulfone groups is 1. The van der Waals surface area contributed by atoms with Crippen molar-refractivity contribution in [2.75, 3.05) is 0 Å². The Morgan fingerprint density at radius 3 is 2.10 bits per heavy atom. The molecule has 0 heterocycles. The standard InChI is InChI=1S/C14H23NO3S.ClH/c1-9(2)19(17,18)12-7-11(14(3,4)5)6-10(8-15)13(12)16;/h6-7,9,16H,8,15H2,1-5H3;1H. The highest BCUT2D eigenvalue weighted by Gasteiger charge is 2.27. The first-order valence-electron chi connectivity index (χ1n) is 6.32. The molecule has 0 amide bonds. The summed E-state index contributed by atoms with van der Waals surface area (Å²) < 4.78 is 24.6. The first-order chi connectivity index (χ1) is 8.51. The molecule has 0 bridgehead atoms. The van der Waals surface area contributed by atoms with Gasteiger partial charge in [-0.25, -0.2) is 8.42 Å². The largest absolute Gasteiger partial charge is 0.506 e. The molecule has 0 unspecified atom stereocenters. The molecular weight excluding hydrogens is 298 g/mol. The Balaban J connectivity index is 0.00000361. The molecule has 0 aliphatic rings. The average molecular weight is 322 g/mol. The summed E-state index contributed by atoms with van der Waals surface area (Å²) >= 11 is 0. The van der Waals surface area contributed by atoms with Crippen LogP contribution in [0.5, 0.6) is 5.75 Å². The number of hydrogen-bond acceptors (Lipinski definition) is 4. The van der Waals surface area contributed by atoms with Gasteiger partial charge in [0.1, 0.15) is 10.6 Å². The molecule has 0 aliphatic heterocycles. The van der Waals surface area contributed by atoms with E-state index in [1.807, 2.05) is 20.8 Å². The molecule has 0 spiro atoms. The van der Waals surface area contributed by atoms with Crippen LogP contribution in [0.1, 0.15) is 45.7 Å². The first kappa shape index (κ1) is 19.2. The van der Waals surface area contributed by atoms with Crippen LogP contribution >= 0.6 is 12.4 Å². The van der Waals surface area contributed by atoms with Gasteiger partial charge in [-0.15, -0.1) is 12.4 Å². The van der Waals surface area contributed by atoms with Crippen LogP contribution in [0.3, 0.4) is 0 Å². The van der Waals surface area contributed by atoms with Gasteiger partial charge < -0.3 is 10.8 Å². The second-order valence-electron chi connectivity index (χ2n) is 6.03. The normalized spacial score (nSPS) is 12.3. The summed E-state index contributed by atoms with van der Waals surface area (Å²) in [4.78, 5) is -0.0182. The zero-order valence-corrected chi connectivity index (χ0v) is 14.2. The maximum atomic E-state index is 12.3. The predicted molar refractivity (Wildman–Crippen MR) is 84.3 cm³/mol. The quantitative estimate of drug-likeness (QED) is 0.897. The predicted octanol–water partition coefficient (Wildman–Crippen LogP) is 2.75. The molecule has 4 nitrogen and oxygen atoms in total. The zero-order chi connectivity index (χ0) is 15.0. The molecule has 0 radical (unpaired) electrons. The molecule has 1 aromatic carbocycles. The Hall–Kier alpha value is -0.780. The Labute approximate surface area is 127 Å². The third kappa shape index (κ3) is 3.65. The summed E-state index contributed by atoms with van der Waals surface area (Å²) in [7, 11) is -3.53. The van der Waals surface area contributed by atoms with E-state index in [0.717, 1.165) is 5.56 Å². The summed E-state index contributed by atoms with van der Waals surface area (Å²) in [6.45, 7) is 9.28. The third-order valence-corrected chi connectivity index (χ3v) is 5.33. The highest BCUT2D eigenvalue weighted by Crippen LogP contribution is 2.35. The third-order valence-electron chi connectivity index (χ3n) is 3.17. The zero-order valence-electron chi connectivity index (χ0n) is 12.6. The molecule has 0 aromatic heterocycles. The van der Waals surface area contributed by atoms with Gasteiger partial charge in [-0.1, -0.05) is 26.8 Å². The van der Waals surface area contributed by atoms with Crippen LogP contribution in [0.4, 0.5) is 0 Å². The van der Waals surface area contributed by atoms with Crippen LogP contribution in [0, 0.1) is 0 Å². The lowest BCUT2D eigenvalue weighted by molar-refractivity contribution is 0.449. The van der Waals surface area contributed by atoms with E-state index in [0.29, 0.717) is 5.56 Å². The van der Waals surface area contributed by atoms with E-state index in [9.17, 15) is 13.5 Å². The maximum absolute atomic E-state index is 12.3. The van der Waals surface area contributed by atoms with Crippen molar-refractivity contribution >= 4 is 22.2 Å². The van der Waals surface area contributed by atoms with Gasteiger partial charge in [0.15, 0.2) is 9.84 Å². The van der Waals surface area contributed by atoms with Gasteiger partial charge in [-0.2, -0.15) is 0 Å². The van der Waals surface area contributed by atoms with Crippen molar-refractivity contribution in [3.8, 4) is 5.75 Å². The van der Waals surface area contributed by atoms with E-state index >= 15 is 0 Å². The minimum atomic E-state index is -3.53. The van der Waals surface area contributed by atoms with Crippen molar-refractivity contribution in [2.45, 2.75) is 56.7 Å². The highest BCUT2D eigenvalue weighted by atomic mass is 35.5. The van der Waals surface area contributed by atoms with Crippen molar-refractivity contribution < 1.29 is 13.5 Å². The molecule has 0 saturated heterocycles. The van der Waals surface area contributed by atoms with E-state index in [1.54, 1.807) is 26.0 Å². The molecule has 20 heavy (non-hydrogen) atoms. The Bertz CT molecular complexity index is 575. The fourth-order valence-corrected chi connectivity index (χ4v) is 2.92. The molecule has 1 aromatic rings. The smallest absolute Gasteiger partial charge is 0.184 e. The fraction of sp³-hybridized carbons (Fsp3) is 0.571. The Kier molecular flexibility index (Phi) is 6.08. The number of rotatable bonds is 3. The second kappa shape index (κ2) is 6.33. The van der Waals surface area contributed by atoms with Crippen molar-refractivity contribution in [1.82, 2.24) is 0 Å². The molecular formula is C14H24ClNO3S. The topological polar surface area (TPSA) is 80.4 Å². The summed E-state index contributed by atoms with van der Waals surface area (Å²) in [6.07, 6.45) is 0. The number of nitrogens with two attached hydrogens (primary N) is 1. The van der Waals surface area contributed by atoms with Gasteiger partial charge in [0.2, 0.25) is 0 Å².